The molecule has 0 aliphatic carbocycles. The number of amides is 1. The van der Waals surface area contributed by atoms with E-state index in [1.165, 1.54) is 0 Å². The van der Waals surface area contributed by atoms with E-state index in [9.17, 15) is 4.79 Å². The van der Waals surface area contributed by atoms with Gasteiger partial charge in [-0.25, -0.2) is 0 Å². The smallest absolute Gasteiger partial charge is 0.225 e. The van der Waals surface area contributed by atoms with Gasteiger partial charge in [-0.2, -0.15) is 0 Å². The molecule has 0 unspecified atom stereocenters. The van der Waals surface area contributed by atoms with Crippen molar-refractivity contribution in [1.82, 2.24) is 5.32 Å². The lowest BCUT2D eigenvalue weighted by atomic mass is 10.1. The van der Waals surface area contributed by atoms with Gasteiger partial charge in [0.1, 0.15) is 0 Å². The first-order chi connectivity index (χ1) is 8.99. The van der Waals surface area contributed by atoms with Gasteiger partial charge in [-0.1, -0.05) is 37.0 Å². The number of halogens is 2. The van der Waals surface area contributed by atoms with Crippen LogP contribution in [0.15, 0.2) is 18.2 Å². The Morgan fingerprint density at radius 1 is 1.26 bits per heavy atom. The van der Waals surface area contributed by atoms with E-state index in [2.05, 4.69) is 24.5 Å². The summed E-state index contributed by atoms with van der Waals surface area (Å²) in [5.41, 5.74) is 0.557. The van der Waals surface area contributed by atoms with Crippen LogP contribution < -0.4 is 10.6 Å². The van der Waals surface area contributed by atoms with Gasteiger partial charge in [-0.3, -0.25) is 4.79 Å². The topological polar surface area (TPSA) is 41.1 Å². The molecule has 0 saturated carbocycles. The highest BCUT2D eigenvalue weighted by Crippen LogP contribution is 2.25. The molecule has 0 bridgehead atoms. The minimum Gasteiger partial charge on any atom is -0.325 e. The van der Waals surface area contributed by atoms with Gasteiger partial charge in [-0.05, 0) is 37.1 Å². The lowest BCUT2D eigenvalue weighted by molar-refractivity contribution is -0.116. The Labute approximate surface area is 124 Å². The summed E-state index contributed by atoms with van der Waals surface area (Å²) in [6, 6.07) is 5.00. The highest BCUT2D eigenvalue weighted by molar-refractivity contribution is 6.35. The Hall–Kier alpha value is -0.770. The summed E-state index contributed by atoms with van der Waals surface area (Å²) in [6.07, 6.45) is 1.53. The lowest BCUT2D eigenvalue weighted by Gasteiger charge is -2.09. The van der Waals surface area contributed by atoms with Crippen molar-refractivity contribution < 1.29 is 4.79 Å². The van der Waals surface area contributed by atoms with Gasteiger partial charge in [-0.15, -0.1) is 0 Å². The van der Waals surface area contributed by atoms with Crippen molar-refractivity contribution >= 4 is 34.8 Å². The van der Waals surface area contributed by atoms with E-state index in [-0.39, 0.29) is 5.91 Å². The number of carbonyl (C=O) groups is 1. The number of carbonyl (C=O) groups excluding carboxylic acids is 1. The van der Waals surface area contributed by atoms with Crippen LogP contribution in [0.4, 0.5) is 5.69 Å². The van der Waals surface area contributed by atoms with Crippen LogP contribution >= 0.6 is 23.2 Å². The fourth-order valence-electron chi connectivity index (χ4n) is 1.52. The molecule has 1 rings (SSSR count). The van der Waals surface area contributed by atoms with Crippen molar-refractivity contribution in [3.05, 3.63) is 28.2 Å². The second kappa shape index (κ2) is 8.41. The fourth-order valence-corrected chi connectivity index (χ4v) is 1.86. The van der Waals surface area contributed by atoms with Crippen LogP contribution in [0.2, 0.25) is 10.0 Å². The molecule has 5 heteroatoms. The molecule has 1 aromatic carbocycles. The molecule has 0 spiro atoms. The number of nitrogens with one attached hydrogen (secondary N) is 2. The van der Waals surface area contributed by atoms with Crippen LogP contribution in [-0.4, -0.2) is 19.0 Å². The van der Waals surface area contributed by atoms with Crippen LogP contribution in [-0.2, 0) is 4.79 Å². The second-order valence-electron chi connectivity index (χ2n) is 4.85. The third-order valence-electron chi connectivity index (χ3n) is 2.63. The summed E-state index contributed by atoms with van der Waals surface area (Å²) in [5, 5.41) is 7.04. The van der Waals surface area contributed by atoms with Crippen LogP contribution in [0.3, 0.4) is 0 Å². The molecule has 19 heavy (non-hydrogen) atoms. The molecule has 106 valence electrons. The third kappa shape index (κ3) is 6.81. The molecule has 0 heterocycles. The van der Waals surface area contributed by atoms with Gasteiger partial charge >= 0.3 is 0 Å². The van der Waals surface area contributed by atoms with Crippen molar-refractivity contribution in [2.75, 3.05) is 18.4 Å². The van der Waals surface area contributed by atoms with Crippen molar-refractivity contribution in [2.45, 2.75) is 26.7 Å². The Bertz CT molecular complexity index is 422. The first kappa shape index (κ1) is 16.3. The first-order valence-corrected chi connectivity index (χ1v) is 7.20. The highest BCUT2D eigenvalue weighted by atomic mass is 35.5. The molecule has 0 aromatic heterocycles. The van der Waals surface area contributed by atoms with Crippen LogP contribution in [0.25, 0.3) is 0 Å². The molecule has 2 N–H and O–H groups in total. The van der Waals surface area contributed by atoms with Gasteiger partial charge in [0.05, 0.1) is 10.7 Å². The summed E-state index contributed by atoms with van der Waals surface area (Å²) < 4.78 is 0. The molecule has 3 nitrogen and oxygen atoms in total. The van der Waals surface area contributed by atoms with Crippen LogP contribution in [0.1, 0.15) is 26.7 Å². The summed E-state index contributed by atoms with van der Waals surface area (Å²) in [4.78, 5) is 11.7. The fraction of sp³-hybridized carbons (Fsp3) is 0.500. The van der Waals surface area contributed by atoms with Gasteiger partial charge in [0.15, 0.2) is 0 Å². The van der Waals surface area contributed by atoms with Crippen molar-refractivity contribution in [3.63, 3.8) is 0 Å². The van der Waals surface area contributed by atoms with Gasteiger partial charge in [0, 0.05) is 18.0 Å². The number of hydrogen-bond donors (Lipinski definition) is 2. The average molecular weight is 303 g/mol. The van der Waals surface area contributed by atoms with E-state index in [1.54, 1.807) is 18.2 Å². The minimum absolute atomic E-state index is 0.0683. The summed E-state index contributed by atoms with van der Waals surface area (Å²) >= 11 is 11.8. The number of rotatable bonds is 7. The molecular weight excluding hydrogens is 283 g/mol. The maximum absolute atomic E-state index is 11.7. The molecule has 1 amide bonds. The van der Waals surface area contributed by atoms with Crippen molar-refractivity contribution in [2.24, 2.45) is 5.92 Å². The van der Waals surface area contributed by atoms with E-state index in [0.717, 1.165) is 13.0 Å². The number of anilines is 1. The first-order valence-electron chi connectivity index (χ1n) is 6.44. The van der Waals surface area contributed by atoms with E-state index in [1.807, 2.05) is 0 Å². The predicted molar refractivity (Wildman–Crippen MR) is 82.0 cm³/mol. The standard InChI is InChI=1S/C14H20Cl2N2O/c1-10(2)5-7-17-8-6-14(19)18-13-9-11(15)3-4-12(13)16/h3-4,9-10,17H,5-8H2,1-2H3,(H,18,19). The molecular formula is C14H20Cl2N2O. The van der Waals surface area contributed by atoms with Gasteiger partial charge < -0.3 is 10.6 Å². The summed E-state index contributed by atoms with van der Waals surface area (Å²) in [6.45, 7) is 5.95. The Kier molecular flexibility index (Phi) is 7.21. The van der Waals surface area contributed by atoms with Crippen molar-refractivity contribution in [1.29, 1.82) is 0 Å². The zero-order valence-corrected chi connectivity index (χ0v) is 12.8. The largest absolute Gasteiger partial charge is 0.325 e. The van der Waals surface area contributed by atoms with E-state index >= 15 is 0 Å². The Morgan fingerprint density at radius 3 is 2.68 bits per heavy atom. The van der Waals surface area contributed by atoms with E-state index in [4.69, 9.17) is 23.2 Å². The molecule has 0 saturated heterocycles. The minimum atomic E-state index is -0.0683. The number of benzene rings is 1. The summed E-state index contributed by atoms with van der Waals surface area (Å²) in [7, 11) is 0. The zero-order chi connectivity index (χ0) is 14.3. The van der Waals surface area contributed by atoms with Gasteiger partial charge in [0.2, 0.25) is 5.91 Å². The molecule has 0 aliphatic rings. The second-order valence-corrected chi connectivity index (χ2v) is 5.70. The molecule has 1 aromatic rings. The van der Waals surface area contributed by atoms with Gasteiger partial charge in [0.25, 0.3) is 0 Å². The Morgan fingerprint density at radius 2 is 2.00 bits per heavy atom. The monoisotopic (exact) mass is 302 g/mol. The van der Waals surface area contributed by atoms with Crippen LogP contribution in [0.5, 0.6) is 0 Å². The predicted octanol–water partition coefficient (Wildman–Crippen LogP) is 3.96. The van der Waals surface area contributed by atoms with E-state index < -0.39 is 0 Å². The SMILES string of the molecule is CC(C)CCNCCC(=O)Nc1cc(Cl)ccc1Cl. The number of hydrogen-bond acceptors (Lipinski definition) is 2. The zero-order valence-electron chi connectivity index (χ0n) is 11.3. The molecule has 0 fully saturated rings. The molecule has 0 atom stereocenters. The maximum Gasteiger partial charge on any atom is 0.225 e. The summed E-state index contributed by atoms with van der Waals surface area (Å²) in [5.74, 6) is 0.604. The van der Waals surface area contributed by atoms with Crippen LogP contribution in [0, 0.1) is 5.92 Å². The Balaban J connectivity index is 2.29. The van der Waals surface area contributed by atoms with Crippen molar-refractivity contribution in [3.8, 4) is 0 Å². The quantitative estimate of drug-likeness (QED) is 0.749. The highest BCUT2D eigenvalue weighted by Gasteiger charge is 2.06. The maximum atomic E-state index is 11.7. The lowest BCUT2D eigenvalue weighted by Crippen LogP contribution is -2.23. The molecule has 0 radical (unpaired) electrons. The van der Waals surface area contributed by atoms with E-state index in [0.29, 0.717) is 34.6 Å². The third-order valence-corrected chi connectivity index (χ3v) is 3.19. The normalized spacial score (nSPS) is 10.8. The average Bonchev–Trinajstić information content (AvgIpc) is 2.33. The molecule has 0 aliphatic heterocycles.